The molecule has 0 aromatic carbocycles. The topological polar surface area (TPSA) is 65.6 Å². The minimum Gasteiger partial charge on any atom is -0.291 e. The van der Waals surface area contributed by atoms with Gasteiger partial charge in [0.1, 0.15) is 17.0 Å². The van der Waals surface area contributed by atoms with Crippen molar-refractivity contribution in [1.29, 1.82) is 0 Å². The van der Waals surface area contributed by atoms with Crippen LogP contribution in [-0.2, 0) is 13.1 Å². The molecule has 0 saturated carbocycles. The van der Waals surface area contributed by atoms with E-state index < -0.39 is 0 Å². The van der Waals surface area contributed by atoms with Crippen molar-refractivity contribution in [2.45, 2.75) is 33.4 Å². The molecule has 0 radical (unpaired) electrons. The Morgan fingerprint density at radius 1 is 1.35 bits per heavy atom. The maximum Gasteiger partial charge on any atom is 0.262 e. The summed E-state index contributed by atoms with van der Waals surface area (Å²) in [5, 5.41) is 4.85. The summed E-state index contributed by atoms with van der Waals surface area (Å²) in [5.74, 6) is 0.780. The van der Waals surface area contributed by atoms with E-state index in [-0.39, 0.29) is 5.56 Å². The highest BCUT2D eigenvalue weighted by molar-refractivity contribution is 7.18. The van der Waals surface area contributed by atoms with Crippen LogP contribution in [0.5, 0.6) is 0 Å². The average molecular weight is 289 g/mol. The Labute approximate surface area is 119 Å². The normalized spacial score (nSPS) is 11.3. The van der Waals surface area contributed by atoms with Crippen LogP contribution in [0.2, 0.25) is 0 Å². The van der Waals surface area contributed by atoms with Crippen LogP contribution in [0.25, 0.3) is 10.2 Å². The first-order valence-electron chi connectivity index (χ1n) is 6.51. The first-order valence-corrected chi connectivity index (χ1v) is 7.33. The number of fused-ring (bicyclic) bond motifs is 1. The molecule has 0 saturated heterocycles. The zero-order valence-electron chi connectivity index (χ0n) is 11.4. The molecule has 3 aromatic rings. The lowest BCUT2D eigenvalue weighted by Gasteiger charge is -2.06. The predicted molar refractivity (Wildman–Crippen MR) is 78.0 cm³/mol. The van der Waals surface area contributed by atoms with Crippen molar-refractivity contribution < 1.29 is 0 Å². The Kier molecular flexibility index (Phi) is 3.35. The van der Waals surface area contributed by atoms with Gasteiger partial charge < -0.3 is 0 Å². The van der Waals surface area contributed by atoms with Crippen LogP contribution in [0, 0.1) is 6.92 Å². The highest BCUT2D eigenvalue weighted by atomic mass is 32.1. The van der Waals surface area contributed by atoms with Gasteiger partial charge in [-0.05, 0) is 19.4 Å². The lowest BCUT2D eigenvalue weighted by Crippen LogP contribution is -2.22. The predicted octanol–water partition coefficient (Wildman–Crippen LogP) is 1.82. The summed E-state index contributed by atoms with van der Waals surface area (Å²) in [6, 6.07) is 1.89. The van der Waals surface area contributed by atoms with Gasteiger partial charge in [0.25, 0.3) is 5.56 Å². The molecular formula is C13H15N5OS. The second-order valence-corrected chi connectivity index (χ2v) is 5.89. The van der Waals surface area contributed by atoms with E-state index in [4.69, 9.17) is 0 Å². The first-order chi connectivity index (χ1) is 9.69. The fourth-order valence-electron chi connectivity index (χ4n) is 2.15. The van der Waals surface area contributed by atoms with Gasteiger partial charge in [-0.1, -0.05) is 6.92 Å². The van der Waals surface area contributed by atoms with E-state index in [1.165, 1.54) is 17.7 Å². The Balaban J connectivity index is 2.00. The maximum absolute atomic E-state index is 12.4. The van der Waals surface area contributed by atoms with Gasteiger partial charge in [0, 0.05) is 11.4 Å². The van der Waals surface area contributed by atoms with E-state index in [2.05, 4.69) is 22.0 Å². The maximum atomic E-state index is 12.4. The first kappa shape index (κ1) is 13.0. The van der Waals surface area contributed by atoms with E-state index in [0.717, 1.165) is 28.5 Å². The lowest BCUT2D eigenvalue weighted by atomic mass is 10.3. The van der Waals surface area contributed by atoms with Gasteiger partial charge in [0.15, 0.2) is 0 Å². The highest BCUT2D eigenvalue weighted by Gasteiger charge is 2.10. The molecule has 3 aromatic heterocycles. The van der Waals surface area contributed by atoms with Crippen molar-refractivity contribution in [2.75, 3.05) is 0 Å². The molecule has 0 N–H and O–H groups in total. The monoisotopic (exact) mass is 289 g/mol. The Morgan fingerprint density at radius 3 is 3.00 bits per heavy atom. The number of aromatic nitrogens is 5. The van der Waals surface area contributed by atoms with Crippen LogP contribution in [0.4, 0.5) is 0 Å². The molecule has 3 heterocycles. The molecule has 0 amide bonds. The third-order valence-electron chi connectivity index (χ3n) is 3.08. The smallest absolute Gasteiger partial charge is 0.262 e. The van der Waals surface area contributed by atoms with Crippen molar-refractivity contribution in [3.63, 3.8) is 0 Å². The van der Waals surface area contributed by atoms with Crippen LogP contribution in [0.3, 0.4) is 0 Å². The van der Waals surface area contributed by atoms with E-state index in [9.17, 15) is 4.79 Å². The summed E-state index contributed by atoms with van der Waals surface area (Å²) < 4.78 is 3.42. The third-order valence-corrected chi connectivity index (χ3v) is 4.04. The van der Waals surface area contributed by atoms with Gasteiger partial charge in [0.2, 0.25) is 0 Å². The molecule has 6 nitrogen and oxygen atoms in total. The molecule has 0 bridgehead atoms. The van der Waals surface area contributed by atoms with Crippen LogP contribution in [0.1, 0.15) is 24.0 Å². The Morgan fingerprint density at radius 2 is 2.20 bits per heavy atom. The van der Waals surface area contributed by atoms with Crippen LogP contribution in [0.15, 0.2) is 23.5 Å². The molecule has 0 unspecified atom stereocenters. The molecule has 0 aliphatic carbocycles. The van der Waals surface area contributed by atoms with Crippen molar-refractivity contribution >= 4 is 21.6 Å². The van der Waals surface area contributed by atoms with Gasteiger partial charge >= 0.3 is 0 Å². The van der Waals surface area contributed by atoms with E-state index in [1.54, 1.807) is 10.9 Å². The van der Waals surface area contributed by atoms with Gasteiger partial charge in [-0.2, -0.15) is 5.10 Å². The van der Waals surface area contributed by atoms with Gasteiger partial charge in [-0.25, -0.2) is 14.6 Å². The van der Waals surface area contributed by atoms with Crippen molar-refractivity contribution in [1.82, 2.24) is 24.3 Å². The largest absolute Gasteiger partial charge is 0.291 e. The summed E-state index contributed by atoms with van der Waals surface area (Å²) in [5.41, 5.74) is -0.0228. The quantitative estimate of drug-likeness (QED) is 0.735. The molecule has 20 heavy (non-hydrogen) atoms. The van der Waals surface area contributed by atoms with Crippen LogP contribution >= 0.6 is 11.3 Å². The molecule has 0 spiro atoms. The molecule has 0 atom stereocenters. The molecular weight excluding hydrogens is 274 g/mol. The summed E-state index contributed by atoms with van der Waals surface area (Å²) >= 11 is 1.54. The van der Waals surface area contributed by atoms with Crippen molar-refractivity contribution in [3.8, 4) is 0 Å². The second-order valence-electron chi connectivity index (χ2n) is 4.65. The molecule has 3 rings (SSSR count). The minimum absolute atomic E-state index is 0.0228. The number of thiophene rings is 1. The van der Waals surface area contributed by atoms with Crippen molar-refractivity contribution in [3.05, 3.63) is 39.8 Å². The Bertz CT molecular complexity index is 801. The Hall–Kier alpha value is -2.02. The molecule has 0 fully saturated rings. The van der Waals surface area contributed by atoms with E-state index in [0.29, 0.717) is 11.9 Å². The molecule has 0 aliphatic heterocycles. The van der Waals surface area contributed by atoms with Gasteiger partial charge in [-0.15, -0.1) is 11.3 Å². The van der Waals surface area contributed by atoms with E-state index >= 15 is 0 Å². The second kappa shape index (κ2) is 5.16. The number of hydrogen-bond donors (Lipinski definition) is 0. The number of nitrogens with zero attached hydrogens (tertiary/aromatic N) is 5. The number of rotatable bonds is 4. The average Bonchev–Trinajstić information content (AvgIpc) is 3.00. The zero-order valence-corrected chi connectivity index (χ0v) is 12.2. The van der Waals surface area contributed by atoms with Crippen molar-refractivity contribution in [2.24, 2.45) is 0 Å². The van der Waals surface area contributed by atoms with Crippen LogP contribution < -0.4 is 5.56 Å². The van der Waals surface area contributed by atoms with Gasteiger partial charge in [0.05, 0.1) is 18.3 Å². The summed E-state index contributed by atoms with van der Waals surface area (Å²) in [6.07, 6.45) is 4.09. The number of hydrogen-bond acceptors (Lipinski definition) is 5. The van der Waals surface area contributed by atoms with Crippen LogP contribution in [-0.4, -0.2) is 24.3 Å². The summed E-state index contributed by atoms with van der Waals surface area (Å²) in [7, 11) is 0. The summed E-state index contributed by atoms with van der Waals surface area (Å²) in [6.45, 7) is 5.27. The lowest BCUT2D eigenvalue weighted by molar-refractivity contribution is 0.549. The van der Waals surface area contributed by atoms with Gasteiger partial charge in [-0.3, -0.25) is 9.36 Å². The number of aryl methyl sites for hydroxylation is 2. The highest BCUT2D eigenvalue weighted by Crippen LogP contribution is 2.19. The third kappa shape index (κ3) is 2.24. The molecule has 7 heteroatoms. The SMILES string of the molecule is CCCn1ncnc1Cn1cnc2sc(C)cc2c1=O. The van der Waals surface area contributed by atoms with E-state index in [1.807, 2.05) is 17.7 Å². The fraction of sp³-hybridized carbons (Fsp3) is 0.385. The summed E-state index contributed by atoms with van der Waals surface area (Å²) in [4.78, 5) is 22.9. The molecule has 104 valence electrons. The molecule has 0 aliphatic rings. The standard InChI is InChI=1S/C13H15N5OS/c1-3-4-18-11(14-7-16-18)6-17-8-15-12-10(13(17)19)5-9(2)20-12/h5,7-8H,3-4,6H2,1-2H3. The zero-order chi connectivity index (χ0) is 14.1. The fourth-order valence-corrected chi connectivity index (χ4v) is 2.99. The minimum atomic E-state index is -0.0228.